The molecule has 0 amide bonds. The highest BCUT2D eigenvalue weighted by Crippen LogP contribution is 2.43. The molecule has 0 fully saturated rings. The molecule has 12 aromatic rings. The summed E-state index contributed by atoms with van der Waals surface area (Å²) in [6, 6.07) is 55.9. The number of rotatable bonds is 5. The van der Waals surface area contributed by atoms with Crippen LogP contribution in [0.25, 0.3) is 110 Å². The summed E-state index contributed by atoms with van der Waals surface area (Å²) in [6.45, 7) is 0. The van der Waals surface area contributed by atoms with E-state index in [4.69, 9.17) is 59.3 Å². The lowest BCUT2D eigenvalue weighted by Gasteiger charge is -2.20. The first-order valence-electron chi connectivity index (χ1n) is 21.0. The zero-order valence-electron chi connectivity index (χ0n) is 34.4. The van der Waals surface area contributed by atoms with Crippen LogP contribution in [0.3, 0.4) is 0 Å². The maximum Gasteiger partial charge on any atom is 0.137 e. The largest absolute Gasteiger partial charge is 0.456 e. The maximum absolute atomic E-state index is 7.49. The van der Waals surface area contributed by atoms with Crippen molar-refractivity contribution in [3.63, 3.8) is 0 Å². The van der Waals surface area contributed by atoms with Crippen molar-refractivity contribution in [2.75, 3.05) is 0 Å². The van der Waals surface area contributed by atoms with Crippen molar-refractivity contribution in [1.82, 2.24) is 9.13 Å². The van der Waals surface area contributed by atoms with Crippen molar-refractivity contribution < 1.29 is 4.42 Å². The molecular weight excluding hydrogens is 768 g/mol. The molecule has 0 aliphatic heterocycles. The molecule has 0 spiro atoms. The highest BCUT2D eigenvalue weighted by molar-refractivity contribution is 6.69. The molecule has 280 valence electrons. The highest BCUT2D eigenvalue weighted by atomic mass is 16.3. The van der Waals surface area contributed by atoms with Gasteiger partial charge in [0.05, 0.1) is 27.8 Å². The first-order valence-corrected chi connectivity index (χ1v) is 21.0. The SMILES string of the molecule is [B]c1c([B])c([B])c2c(c1[B])c1c([B])c(-c3ccc4c(c3)c3c(-c5ccccc5)cccc3n4-c3ccccc3-c3ccccc3)c([B])c([B])c1n2-c1cccc2oc3ccccc3c12. The predicted molar refractivity (Wildman–Crippen MR) is 276 cm³/mol. The summed E-state index contributed by atoms with van der Waals surface area (Å²) in [5.41, 5.74) is 13.8. The van der Waals surface area contributed by atoms with Gasteiger partial charge in [-0.2, -0.15) is 0 Å². The Kier molecular flexibility index (Phi) is 8.69. The number of benzene rings is 9. The van der Waals surface area contributed by atoms with Gasteiger partial charge in [0.2, 0.25) is 0 Å². The number of para-hydroxylation sites is 2. The van der Waals surface area contributed by atoms with Gasteiger partial charge >= 0.3 is 0 Å². The number of furan rings is 1. The van der Waals surface area contributed by atoms with Gasteiger partial charge in [0.1, 0.15) is 66.1 Å². The van der Waals surface area contributed by atoms with Crippen molar-refractivity contribution in [3.8, 4) is 44.8 Å². The van der Waals surface area contributed by atoms with Crippen LogP contribution in [0, 0.1) is 0 Å². The second-order valence-corrected chi connectivity index (χ2v) is 16.3. The Labute approximate surface area is 379 Å². The summed E-state index contributed by atoms with van der Waals surface area (Å²) in [5, 5.41) is 4.92. The van der Waals surface area contributed by atoms with Gasteiger partial charge < -0.3 is 13.6 Å². The molecule has 0 unspecified atom stereocenters. The van der Waals surface area contributed by atoms with Gasteiger partial charge in [0.25, 0.3) is 0 Å². The molecule has 0 aliphatic carbocycles. The van der Waals surface area contributed by atoms with E-state index in [9.17, 15) is 0 Å². The van der Waals surface area contributed by atoms with Crippen LogP contribution in [0.2, 0.25) is 0 Å². The third-order valence-corrected chi connectivity index (χ3v) is 12.9. The van der Waals surface area contributed by atoms with Crippen LogP contribution in [-0.2, 0) is 0 Å². The Morgan fingerprint density at radius 2 is 0.906 bits per heavy atom. The molecule has 12 rings (SSSR count). The van der Waals surface area contributed by atoms with E-state index in [1.165, 1.54) is 0 Å². The van der Waals surface area contributed by atoms with Gasteiger partial charge in [-0.25, -0.2) is 0 Å². The molecule has 3 aromatic heterocycles. The van der Waals surface area contributed by atoms with Gasteiger partial charge in [-0.3, -0.25) is 0 Å². The Morgan fingerprint density at radius 3 is 1.67 bits per heavy atom. The second kappa shape index (κ2) is 14.4. The smallest absolute Gasteiger partial charge is 0.137 e. The maximum atomic E-state index is 7.49. The van der Waals surface area contributed by atoms with Crippen LogP contribution >= 0.6 is 0 Å². The Bertz CT molecular complexity index is 3930. The van der Waals surface area contributed by atoms with Gasteiger partial charge in [-0.15, -0.1) is 10.9 Å². The van der Waals surface area contributed by atoms with E-state index in [1.54, 1.807) is 0 Å². The molecule has 0 saturated heterocycles. The van der Waals surface area contributed by atoms with Crippen LogP contribution in [-0.4, -0.2) is 64.1 Å². The van der Waals surface area contributed by atoms with Crippen LogP contribution in [0.1, 0.15) is 0 Å². The molecule has 10 heteroatoms. The fourth-order valence-corrected chi connectivity index (χ4v) is 10.1. The summed E-state index contributed by atoms with van der Waals surface area (Å²) in [4.78, 5) is 0. The standard InChI is InChI=1S/C54H27B7N2O/c55-46-41(47(56)51(60)53-44(46)45-48(57)49(58)50(59)52(61)54(45)63(53)38-22-12-24-40-43(38)33-18-8-10-23-39(33)64-40)30-25-26-36-34(27-30)42-32(29-15-5-2-6-16-29)19-11-21-37(42)62(36)35-20-9-7-17-31(35)28-13-3-1-4-14-28/h1-27H. The first-order chi connectivity index (χ1) is 31.2. The number of nitrogens with zero attached hydrogens (tertiary/aromatic N) is 2. The summed E-state index contributed by atoms with van der Waals surface area (Å²) in [6.07, 6.45) is 0. The van der Waals surface area contributed by atoms with Crippen LogP contribution in [0.5, 0.6) is 0 Å². The molecule has 0 N–H and O–H groups in total. The normalized spacial score (nSPS) is 11.9. The van der Waals surface area contributed by atoms with Gasteiger partial charge in [-0.05, 0) is 75.7 Å². The zero-order valence-corrected chi connectivity index (χ0v) is 34.4. The monoisotopic (exact) mass is 796 g/mol. The molecular formula is C54H27B7N2O. The Balaban J connectivity index is 1.19. The molecule has 0 atom stereocenters. The minimum atomic E-state index is 0.158. The molecule has 9 aromatic carbocycles. The van der Waals surface area contributed by atoms with E-state index in [-0.39, 0.29) is 21.9 Å². The van der Waals surface area contributed by atoms with Crippen molar-refractivity contribution in [3.05, 3.63) is 164 Å². The second-order valence-electron chi connectivity index (χ2n) is 16.3. The quantitative estimate of drug-likeness (QED) is 0.187. The number of hydrogen-bond acceptors (Lipinski definition) is 1. The highest BCUT2D eigenvalue weighted by Gasteiger charge is 2.27. The van der Waals surface area contributed by atoms with Crippen LogP contribution < -0.4 is 38.2 Å². The third-order valence-electron chi connectivity index (χ3n) is 12.9. The van der Waals surface area contributed by atoms with Crippen molar-refractivity contribution in [2.24, 2.45) is 0 Å². The summed E-state index contributed by atoms with van der Waals surface area (Å²) in [7, 11) is 49.3. The molecule has 0 bridgehead atoms. The summed E-state index contributed by atoms with van der Waals surface area (Å²) in [5.74, 6) is 0. The topological polar surface area (TPSA) is 23.0 Å². The van der Waals surface area contributed by atoms with E-state index < -0.39 is 0 Å². The fraction of sp³-hybridized carbons (Fsp3) is 0. The predicted octanol–water partition coefficient (Wildman–Crippen LogP) is 6.34. The van der Waals surface area contributed by atoms with E-state index in [1.807, 2.05) is 59.2 Å². The molecule has 14 radical (unpaired) electrons. The van der Waals surface area contributed by atoms with E-state index in [0.717, 1.165) is 77.4 Å². The first kappa shape index (κ1) is 38.5. The van der Waals surface area contributed by atoms with E-state index in [2.05, 4.69) is 114 Å². The fourth-order valence-electron chi connectivity index (χ4n) is 10.1. The molecule has 0 aliphatic rings. The van der Waals surface area contributed by atoms with Gasteiger partial charge in [0.15, 0.2) is 0 Å². The Morgan fingerprint density at radius 1 is 0.328 bits per heavy atom. The average molecular weight is 796 g/mol. The van der Waals surface area contributed by atoms with Crippen molar-refractivity contribution in [2.45, 2.75) is 0 Å². The van der Waals surface area contributed by atoms with Crippen molar-refractivity contribution >= 4 is 159 Å². The molecule has 0 saturated carbocycles. The summed E-state index contributed by atoms with van der Waals surface area (Å²) >= 11 is 0. The summed E-state index contributed by atoms with van der Waals surface area (Å²) < 4.78 is 10.6. The van der Waals surface area contributed by atoms with Gasteiger partial charge in [0, 0.05) is 38.1 Å². The minimum Gasteiger partial charge on any atom is -0.456 e. The van der Waals surface area contributed by atoms with E-state index in [0.29, 0.717) is 49.3 Å². The third kappa shape index (κ3) is 5.38. The van der Waals surface area contributed by atoms with Crippen molar-refractivity contribution in [1.29, 1.82) is 0 Å². The lowest BCUT2D eigenvalue weighted by molar-refractivity contribution is 0.669. The van der Waals surface area contributed by atoms with E-state index >= 15 is 0 Å². The van der Waals surface area contributed by atoms with Gasteiger partial charge in [-0.1, -0.05) is 149 Å². The van der Waals surface area contributed by atoms with Crippen LogP contribution in [0.4, 0.5) is 0 Å². The molecule has 64 heavy (non-hydrogen) atoms. The number of hydrogen-bond donors (Lipinski definition) is 0. The lowest BCUT2D eigenvalue weighted by atomic mass is 9.64. The lowest BCUT2D eigenvalue weighted by Crippen LogP contribution is -2.48. The number of fused-ring (bicyclic) bond motifs is 9. The average Bonchev–Trinajstić information content (AvgIpc) is 4.01. The van der Waals surface area contributed by atoms with Crippen LogP contribution in [0.15, 0.2) is 168 Å². The minimum absolute atomic E-state index is 0.158. The number of aromatic nitrogens is 2. The zero-order chi connectivity index (χ0) is 43.5. The Hall–Kier alpha value is -7.17. The molecule has 3 heterocycles. The molecule has 3 nitrogen and oxygen atoms in total.